The second-order valence-electron chi connectivity index (χ2n) is 9.82. The number of fused-ring (bicyclic) bond motifs is 1. The largest absolute Gasteiger partial charge is 0.458 e. The molecule has 2 amide bonds. The molecule has 7 heteroatoms. The number of benzene rings is 1. The van der Waals surface area contributed by atoms with E-state index >= 15 is 0 Å². The van der Waals surface area contributed by atoms with Crippen molar-refractivity contribution in [2.45, 2.75) is 39.8 Å². The Balaban J connectivity index is 1.41. The summed E-state index contributed by atoms with van der Waals surface area (Å²) in [6.07, 6.45) is 2.46. The van der Waals surface area contributed by atoms with Crippen molar-refractivity contribution in [3.05, 3.63) is 59.5 Å². The van der Waals surface area contributed by atoms with E-state index in [0.29, 0.717) is 38.4 Å². The first kappa shape index (κ1) is 22.7. The van der Waals surface area contributed by atoms with E-state index in [1.807, 2.05) is 29.2 Å². The van der Waals surface area contributed by atoms with Gasteiger partial charge in [-0.2, -0.15) is 0 Å². The van der Waals surface area contributed by atoms with Crippen molar-refractivity contribution in [2.24, 2.45) is 5.92 Å². The first-order valence-electron chi connectivity index (χ1n) is 12.4. The zero-order valence-electron chi connectivity index (χ0n) is 20.2. The van der Waals surface area contributed by atoms with E-state index in [9.17, 15) is 9.59 Å². The van der Waals surface area contributed by atoms with Gasteiger partial charge in [0.05, 0.1) is 12.1 Å². The fourth-order valence-corrected chi connectivity index (χ4v) is 5.11. The third-order valence-electron chi connectivity index (χ3n) is 7.31. The topological polar surface area (TPSA) is 61.9 Å². The minimum Gasteiger partial charge on any atom is -0.458 e. The van der Waals surface area contributed by atoms with Crippen LogP contribution in [0.1, 0.15) is 48.5 Å². The van der Waals surface area contributed by atoms with E-state index in [-0.39, 0.29) is 11.8 Å². The molecule has 0 aliphatic carbocycles. The average Bonchev–Trinajstić information content (AvgIpc) is 3.39. The van der Waals surface area contributed by atoms with Crippen LogP contribution in [0.25, 0.3) is 11.1 Å². The molecular formula is C27H34N4O3. The number of likely N-dealkylation sites (tertiary alicyclic amines) is 1. The summed E-state index contributed by atoms with van der Waals surface area (Å²) in [6.45, 7) is 9.79. The van der Waals surface area contributed by atoms with E-state index < -0.39 is 0 Å². The van der Waals surface area contributed by atoms with E-state index in [0.717, 1.165) is 48.0 Å². The smallest absolute Gasteiger partial charge is 0.270 e. The van der Waals surface area contributed by atoms with Crippen LogP contribution in [-0.2, 0) is 17.9 Å². The third-order valence-corrected chi connectivity index (χ3v) is 7.31. The Hall–Kier alpha value is -3.06. The van der Waals surface area contributed by atoms with Crippen LogP contribution in [-0.4, -0.2) is 70.3 Å². The lowest BCUT2D eigenvalue weighted by atomic mass is 9.99. The highest BCUT2D eigenvalue weighted by Gasteiger charge is 2.27. The molecule has 2 aromatic heterocycles. The first-order chi connectivity index (χ1) is 16.5. The number of hydrogen-bond donors (Lipinski definition) is 0. The molecule has 2 fully saturated rings. The third kappa shape index (κ3) is 4.75. The summed E-state index contributed by atoms with van der Waals surface area (Å²) in [5, 5.41) is 0. The minimum atomic E-state index is -0.00268. The highest BCUT2D eigenvalue weighted by Crippen LogP contribution is 2.28. The summed E-state index contributed by atoms with van der Waals surface area (Å²) in [6, 6.07) is 14.2. The Morgan fingerprint density at radius 2 is 1.59 bits per heavy atom. The molecule has 0 atom stereocenters. The summed E-state index contributed by atoms with van der Waals surface area (Å²) >= 11 is 0. The Kier molecular flexibility index (Phi) is 6.46. The number of carbonyl (C=O) groups excluding carboxylic acids is 2. The van der Waals surface area contributed by atoms with Gasteiger partial charge < -0.3 is 18.8 Å². The van der Waals surface area contributed by atoms with Gasteiger partial charge in [-0.25, -0.2) is 0 Å². The maximum absolute atomic E-state index is 13.5. The molecule has 2 aliphatic rings. The number of hydrogen-bond acceptors (Lipinski definition) is 4. The van der Waals surface area contributed by atoms with Gasteiger partial charge >= 0.3 is 0 Å². The van der Waals surface area contributed by atoms with Crippen LogP contribution in [0.3, 0.4) is 0 Å². The number of piperidine rings is 1. The van der Waals surface area contributed by atoms with Crippen molar-refractivity contribution in [3.63, 3.8) is 0 Å². The summed E-state index contributed by atoms with van der Waals surface area (Å²) in [7, 11) is 0. The minimum absolute atomic E-state index is 0.00268. The van der Waals surface area contributed by atoms with Crippen molar-refractivity contribution in [1.29, 1.82) is 0 Å². The highest BCUT2D eigenvalue weighted by atomic mass is 16.3. The molecule has 34 heavy (non-hydrogen) atoms. The zero-order valence-corrected chi connectivity index (χ0v) is 20.2. The standard InChI is InChI=1S/C27H34N4O3/c1-20-8-10-28(11-9-20)19-23-16-24-26(34-23)17-25(31(24)18-22-6-4-3-5-7-22)27(33)30-14-12-29(13-15-30)21(2)32/h3-7,16-17,20H,8-15,18-19H2,1-2H3. The molecular weight excluding hydrogens is 428 g/mol. The van der Waals surface area contributed by atoms with Gasteiger partial charge in [0.25, 0.3) is 5.91 Å². The molecule has 1 aromatic carbocycles. The fourth-order valence-electron chi connectivity index (χ4n) is 5.11. The average molecular weight is 463 g/mol. The molecule has 5 rings (SSSR count). The summed E-state index contributed by atoms with van der Waals surface area (Å²) in [5.41, 5.74) is 3.52. The first-order valence-corrected chi connectivity index (χ1v) is 12.4. The number of piperazine rings is 1. The summed E-state index contributed by atoms with van der Waals surface area (Å²) < 4.78 is 8.35. The Morgan fingerprint density at radius 1 is 0.912 bits per heavy atom. The van der Waals surface area contributed by atoms with Crippen molar-refractivity contribution in [1.82, 2.24) is 19.3 Å². The number of amides is 2. The zero-order chi connectivity index (χ0) is 23.7. The SMILES string of the molecule is CC(=O)N1CCN(C(=O)c2cc3oc(CN4CCC(C)CC4)cc3n2Cc2ccccc2)CC1. The summed E-state index contributed by atoms with van der Waals surface area (Å²) in [5.74, 6) is 1.81. The fraction of sp³-hybridized carbons (Fsp3) is 0.481. The monoisotopic (exact) mass is 462 g/mol. The van der Waals surface area contributed by atoms with Gasteiger partial charge in [0.2, 0.25) is 5.91 Å². The lowest BCUT2D eigenvalue weighted by Crippen LogP contribution is -2.50. The summed E-state index contributed by atoms with van der Waals surface area (Å²) in [4.78, 5) is 31.3. The maximum atomic E-state index is 13.5. The van der Waals surface area contributed by atoms with Gasteiger partial charge in [0.15, 0.2) is 5.58 Å². The molecule has 4 heterocycles. The van der Waals surface area contributed by atoms with Gasteiger partial charge in [0, 0.05) is 51.8 Å². The Morgan fingerprint density at radius 3 is 2.26 bits per heavy atom. The van der Waals surface area contributed by atoms with Gasteiger partial charge in [-0.3, -0.25) is 14.5 Å². The second kappa shape index (κ2) is 9.66. The van der Waals surface area contributed by atoms with Gasteiger partial charge in [-0.15, -0.1) is 0 Å². The number of carbonyl (C=O) groups is 2. The highest BCUT2D eigenvalue weighted by molar-refractivity contribution is 5.98. The van der Waals surface area contributed by atoms with Crippen LogP contribution in [0.4, 0.5) is 0 Å². The number of nitrogens with zero attached hydrogens (tertiary/aromatic N) is 4. The molecule has 0 bridgehead atoms. The number of rotatable bonds is 5. The van der Waals surface area contributed by atoms with Gasteiger partial charge in [-0.1, -0.05) is 37.3 Å². The maximum Gasteiger partial charge on any atom is 0.270 e. The van der Waals surface area contributed by atoms with Gasteiger partial charge in [0.1, 0.15) is 11.5 Å². The molecule has 0 unspecified atom stereocenters. The van der Waals surface area contributed by atoms with Crippen molar-refractivity contribution >= 4 is 22.9 Å². The molecule has 0 radical (unpaired) electrons. The van der Waals surface area contributed by atoms with E-state index in [2.05, 4.69) is 34.6 Å². The van der Waals surface area contributed by atoms with Crippen LogP contribution in [0.2, 0.25) is 0 Å². The van der Waals surface area contributed by atoms with Crippen LogP contribution in [0, 0.1) is 5.92 Å². The lowest BCUT2D eigenvalue weighted by molar-refractivity contribution is -0.130. The molecule has 3 aromatic rings. The predicted molar refractivity (Wildman–Crippen MR) is 132 cm³/mol. The molecule has 7 nitrogen and oxygen atoms in total. The molecule has 0 spiro atoms. The van der Waals surface area contributed by atoms with Crippen molar-refractivity contribution in [2.75, 3.05) is 39.3 Å². The van der Waals surface area contributed by atoms with Crippen LogP contribution in [0.15, 0.2) is 46.9 Å². The van der Waals surface area contributed by atoms with Crippen molar-refractivity contribution < 1.29 is 14.0 Å². The molecule has 0 N–H and O–H groups in total. The van der Waals surface area contributed by atoms with Crippen LogP contribution < -0.4 is 0 Å². The molecule has 180 valence electrons. The normalized spacial score (nSPS) is 18.1. The quantitative estimate of drug-likeness (QED) is 0.578. The van der Waals surface area contributed by atoms with Crippen LogP contribution in [0.5, 0.6) is 0 Å². The number of furan rings is 1. The number of aromatic nitrogens is 1. The lowest BCUT2D eigenvalue weighted by Gasteiger charge is -2.34. The molecule has 2 saturated heterocycles. The molecule has 2 aliphatic heterocycles. The van der Waals surface area contributed by atoms with Crippen molar-refractivity contribution in [3.8, 4) is 0 Å². The van der Waals surface area contributed by atoms with E-state index in [1.165, 1.54) is 12.8 Å². The van der Waals surface area contributed by atoms with E-state index in [4.69, 9.17) is 4.42 Å². The second-order valence-corrected chi connectivity index (χ2v) is 9.82. The Bertz CT molecular complexity index is 1150. The van der Waals surface area contributed by atoms with E-state index in [1.54, 1.807) is 11.8 Å². The van der Waals surface area contributed by atoms with Gasteiger partial charge in [-0.05, 0) is 37.4 Å². The van der Waals surface area contributed by atoms with Crippen LogP contribution >= 0.6 is 0 Å². The molecule has 0 saturated carbocycles. The Labute approximate surface area is 200 Å². The predicted octanol–water partition coefficient (Wildman–Crippen LogP) is 3.82.